The fourth-order valence-electron chi connectivity index (χ4n) is 4.84. The van der Waals surface area contributed by atoms with Crippen molar-refractivity contribution in [1.82, 2.24) is 15.0 Å². The predicted octanol–water partition coefficient (Wildman–Crippen LogP) is 5.07. The van der Waals surface area contributed by atoms with E-state index in [1.165, 1.54) is 0 Å². The number of nitrogens with one attached hydrogen (secondary N) is 1. The Morgan fingerprint density at radius 2 is 1.74 bits per heavy atom. The second-order valence-electron chi connectivity index (χ2n) is 9.64. The first-order valence-electron chi connectivity index (χ1n) is 12.9. The average molecular weight is 533 g/mol. The molecule has 0 aliphatic carbocycles. The van der Waals surface area contributed by atoms with Crippen LogP contribution in [0.3, 0.4) is 0 Å². The van der Waals surface area contributed by atoms with Crippen LogP contribution in [0.25, 0.3) is 33.5 Å². The van der Waals surface area contributed by atoms with Gasteiger partial charge in [0.1, 0.15) is 18.3 Å². The van der Waals surface area contributed by atoms with Crippen molar-refractivity contribution in [3.63, 3.8) is 0 Å². The van der Waals surface area contributed by atoms with Gasteiger partial charge in [0.05, 0.1) is 29.4 Å². The van der Waals surface area contributed by atoms with Crippen molar-refractivity contribution < 1.29 is 19.3 Å². The van der Waals surface area contributed by atoms with Gasteiger partial charge >= 0.3 is 0 Å². The summed E-state index contributed by atoms with van der Waals surface area (Å²) in [4.78, 5) is 16.8. The molecule has 4 aromatic rings. The summed E-state index contributed by atoms with van der Waals surface area (Å²) < 4.78 is 17.3. The van der Waals surface area contributed by atoms with E-state index in [0.717, 1.165) is 41.6 Å². The summed E-state index contributed by atoms with van der Waals surface area (Å²) >= 11 is 6.61. The van der Waals surface area contributed by atoms with E-state index in [-0.39, 0.29) is 24.9 Å². The van der Waals surface area contributed by atoms with Crippen molar-refractivity contribution in [3.05, 3.63) is 65.2 Å². The summed E-state index contributed by atoms with van der Waals surface area (Å²) in [6.45, 7) is 3.60. The molecule has 0 radical (unpaired) electrons. The lowest BCUT2D eigenvalue weighted by Gasteiger charge is -2.15. The molecule has 6 rings (SSSR count). The van der Waals surface area contributed by atoms with Crippen LogP contribution in [0, 0.1) is 0 Å². The average Bonchev–Trinajstić information content (AvgIpc) is 3.63. The number of pyridine rings is 1. The van der Waals surface area contributed by atoms with Crippen LogP contribution in [0.5, 0.6) is 6.01 Å². The number of H-pyrrole nitrogens is 1. The highest BCUT2D eigenvalue weighted by Crippen LogP contribution is 2.33. The molecule has 0 bridgehead atoms. The second-order valence-corrected chi connectivity index (χ2v) is 10.0. The molecule has 2 aromatic carbocycles. The number of aliphatic hydroxyl groups is 1. The van der Waals surface area contributed by atoms with Gasteiger partial charge in [0.15, 0.2) is 11.8 Å². The summed E-state index contributed by atoms with van der Waals surface area (Å²) in [5, 5.41) is 10.5. The van der Waals surface area contributed by atoms with Gasteiger partial charge in [-0.3, -0.25) is 4.99 Å². The van der Waals surface area contributed by atoms with E-state index in [1.807, 2.05) is 18.3 Å². The van der Waals surface area contributed by atoms with Gasteiger partial charge in [-0.15, -0.1) is 0 Å². The third-order valence-corrected chi connectivity index (χ3v) is 7.22. The van der Waals surface area contributed by atoms with Crippen LogP contribution in [0.4, 0.5) is 0 Å². The SMILES string of the molecule is CCCCN=Cc1ccc(-c2ccc(-c3nc4nc(O[C@@H]5CO[C@H]6[C@@H]5OC[C@H]6O)[nH]c4cc3Cl)cc2)cc1. The molecule has 8 nitrogen and oxygen atoms in total. The Morgan fingerprint density at radius 1 is 1.03 bits per heavy atom. The number of nitrogens with zero attached hydrogens (tertiary/aromatic N) is 3. The molecule has 2 aromatic heterocycles. The lowest BCUT2D eigenvalue weighted by Crippen LogP contribution is -2.34. The summed E-state index contributed by atoms with van der Waals surface area (Å²) in [6, 6.07) is 18.6. The largest absolute Gasteiger partial charge is 0.456 e. The van der Waals surface area contributed by atoms with Crippen molar-refractivity contribution in [2.24, 2.45) is 4.99 Å². The Morgan fingerprint density at radius 3 is 2.50 bits per heavy atom. The fourth-order valence-corrected chi connectivity index (χ4v) is 5.10. The first-order chi connectivity index (χ1) is 18.6. The minimum atomic E-state index is -0.632. The number of aromatic nitrogens is 3. The lowest BCUT2D eigenvalue weighted by atomic mass is 10.0. The number of ether oxygens (including phenoxy) is 3. The van der Waals surface area contributed by atoms with Crippen molar-refractivity contribution in [2.45, 2.75) is 44.2 Å². The molecule has 4 atom stereocenters. The highest BCUT2D eigenvalue weighted by Gasteiger charge is 2.48. The van der Waals surface area contributed by atoms with E-state index in [0.29, 0.717) is 34.5 Å². The van der Waals surface area contributed by atoms with Gasteiger partial charge in [-0.1, -0.05) is 73.5 Å². The molecular formula is C29H29ClN4O4. The zero-order chi connectivity index (χ0) is 26.1. The van der Waals surface area contributed by atoms with E-state index in [2.05, 4.69) is 58.3 Å². The Labute approximate surface area is 225 Å². The van der Waals surface area contributed by atoms with Crippen LogP contribution in [0.15, 0.2) is 59.6 Å². The molecule has 2 saturated heterocycles. The topological polar surface area (TPSA) is 102 Å². The fraction of sp³-hybridized carbons (Fsp3) is 0.345. The number of rotatable bonds is 8. The standard InChI is InChI=1S/C29H29ClN4O4/c1-2-3-12-31-14-17-4-6-18(7-5-17)19-8-10-20(11-9-19)25-21(30)13-22-28(33-25)34-29(32-22)38-24-16-37-26-23(35)15-36-27(24)26/h4-11,13-14,23-24,26-27,35H,2-3,12,15-16H2,1H3,(H,32,33,34)/t23-,24-,26-,27-/m1/s1. The van der Waals surface area contributed by atoms with E-state index >= 15 is 0 Å². The van der Waals surface area contributed by atoms with Gasteiger partial charge in [0, 0.05) is 18.3 Å². The van der Waals surface area contributed by atoms with E-state index in [4.69, 9.17) is 30.8 Å². The zero-order valence-corrected chi connectivity index (χ0v) is 21.8. The highest BCUT2D eigenvalue weighted by molar-refractivity contribution is 6.33. The maximum absolute atomic E-state index is 9.94. The maximum Gasteiger partial charge on any atom is 0.296 e. The molecule has 4 heterocycles. The first-order valence-corrected chi connectivity index (χ1v) is 13.3. The minimum absolute atomic E-state index is 0.244. The number of hydrogen-bond donors (Lipinski definition) is 2. The number of aromatic amines is 1. The third-order valence-electron chi connectivity index (χ3n) is 6.93. The number of fused-ring (bicyclic) bond motifs is 2. The number of hydrogen-bond acceptors (Lipinski definition) is 7. The first kappa shape index (κ1) is 25.0. The molecule has 9 heteroatoms. The molecule has 0 amide bonds. The van der Waals surface area contributed by atoms with Gasteiger partial charge in [-0.25, -0.2) is 4.98 Å². The number of aliphatic imine (C=N–C) groups is 1. The van der Waals surface area contributed by atoms with Crippen LogP contribution in [0.1, 0.15) is 25.3 Å². The Balaban J connectivity index is 1.17. The summed E-state index contributed by atoms with van der Waals surface area (Å²) in [5.41, 5.74) is 6.05. The summed E-state index contributed by atoms with van der Waals surface area (Å²) in [7, 11) is 0. The number of unbranched alkanes of at least 4 members (excludes halogenated alkanes) is 1. The lowest BCUT2D eigenvalue weighted by molar-refractivity contribution is 0.00706. The molecule has 0 unspecified atom stereocenters. The minimum Gasteiger partial charge on any atom is -0.456 e. The Hall–Kier alpha value is -3.30. The molecule has 2 aliphatic heterocycles. The molecule has 2 fully saturated rings. The molecule has 2 aliphatic rings. The van der Waals surface area contributed by atoms with Crippen LogP contribution in [-0.2, 0) is 9.47 Å². The molecule has 196 valence electrons. The van der Waals surface area contributed by atoms with E-state index < -0.39 is 6.10 Å². The quantitative estimate of drug-likeness (QED) is 0.243. The molecule has 0 saturated carbocycles. The van der Waals surface area contributed by atoms with Crippen molar-refractivity contribution in [2.75, 3.05) is 19.8 Å². The smallest absolute Gasteiger partial charge is 0.296 e. The van der Waals surface area contributed by atoms with Crippen molar-refractivity contribution in [1.29, 1.82) is 0 Å². The van der Waals surface area contributed by atoms with E-state index in [1.54, 1.807) is 6.07 Å². The number of imidazole rings is 1. The predicted molar refractivity (Wildman–Crippen MR) is 147 cm³/mol. The normalized spacial score (nSPS) is 22.9. The van der Waals surface area contributed by atoms with Crippen LogP contribution in [-0.4, -0.2) is 70.4 Å². The van der Waals surface area contributed by atoms with Gasteiger partial charge in [0.2, 0.25) is 0 Å². The van der Waals surface area contributed by atoms with Crippen molar-refractivity contribution >= 4 is 29.0 Å². The monoisotopic (exact) mass is 532 g/mol. The van der Waals surface area contributed by atoms with Gasteiger partial charge in [-0.05, 0) is 29.2 Å². The second kappa shape index (κ2) is 10.8. The van der Waals surface area contributed by atoms with Crippen LogP contribution >= 0.6 is 11.6 Å². The van der Waals surface area contributed by atoms with Gasteiger partial charge < -0.3 is 24.3 Å². The van der Waals surface area contributed by atoms with Crippen LogP contribution in [0.2, 0.25) is 5.02 Å². The Kier molecular flexibility index (Phi) is 7.12. The zero-order valence-electron chi connectivity index (χ0n) is 21.0. The number of halogens is 1. The molecular weight excluding hydrogens is 504 g/mol. The molecule has 38 heavy (non-hydrogen) atoms. The van der Waals surface area contributed by atoms with Crippen LogP contribution < -0.4 is 4.74 Å². The van der Waals surface area contributed by atoms with E-state index in [9.17, 15) is 5.11 Å². The number of benzene rings is 2. The highest BCUT2D eigenvalue weighted by atomic mass is 35.5. The third kappa shape index (κ3) is 5.05. The summed E-state index contributed by atoms with van der Waals surface area (Å²) in [6.07, 6.45) is 2.52. The Bertz CT molecular complexity index is 1440. The van der Waals surface area contributed by atoms with Crippen molar-refractivity contribution in [3.8, 4) is 28.4 Å². The molecule has 2 N–H and O–H groups in total. The molecule has 0 spiro atoms. The van der Waals surface area contributed by atoms with Gasteiger partial charge in [-0.2, -0.15) is 4.98 Å². The maximum atomic E-state index is 9.94. The number of aliphatic hydroxyl groups excluding tert-OH is 1. The summed E-state index contributed by atoms with van der Waals surface area (Å²) in [5.74, 6) is 0. The van der Waals surface area contributed by atoms with Gasteiger partial charge in [0.25, 0.3) is 6.01 Å².